The standard InChI is InChI=1S/C24H28N2O2/c1-14-17(13-26(3)25-14)10-16-12-22-21-6-4-15-11-18(27)5-7-19(15)20(21)8-9-24(22,2)23(16)28/h5,7,10-11,13,20-22,27H,4,6,8-9,12H2,1-3H3/b16-10+. The first kappa shape index (κ1) is 17.7. The minimum absolute atomic E-state index is 0.225. The summed E-state index contributed by atoms with van der Waals surface area (Å²) in [4.78, 5) is 13.4. The summed E-state index contributed by atoms with van der Waals surface area (Å²) < 4.78 is 1.82. The number of aromatic hydroxyl groups is 1. The van der Waals surface area contributed by atoms with Gasteiger partial charge in [0.2, 0.25) is 0 Å². The molecule has 28 heavy (non-hydrogen) atoms. The number of ketones is 1. The Morgan fingerprint density at radius 2 is 2.14 bits per heavy atom. The number of hydrogen-bond donors (Lipinski definition) is 1. The predicted octanol–water partition coefficient (Wildman–Crippen LogP) is 4.55. The highest BCUT2D eigenvalue weighted by atomic mass is 16.3. The summed E-state index contributed by atoms with van der Waals surface area (Å²) >= 11 is 0. The SMILES string of the molecule is Cc1nn(C)cc1/C=C1\CC2C3CCc4cc(O)ccc4C3CCC2(C)C1=O. The molecule has 0 bridgehead atoms. The maximum atomic E-state index is 13.4. The molecule has 5 rings (SSSR count). The van der Waals surface area contributed by atoms with Crippen LogP contribution in [0.25, 0.3) is 6.08 Å². The van der Waals surface area contributed by atoms with E-state index in [-0.39, 0.29) is 5.41 Å². The fourth-order valence-electron chi connectivity index (χ4n) is 6.32. The summed E-state index contributed by atoms with van der Waals surface area (Å²) in [5.74, 6) is 2.22. The molecule has 3 aliphatic carbocycles. The summed E-state index contributed by atoms with van der Waals surface area (Å²) in [6, 6.07) is 5.89. The fraction of sp³-hybridized carbons (Fsp3) is 0.500. The maximum Gasteiger partial charge on any atom is 0.165 e. The highest BCUT2D eigenvalue weighted by molar-refractivity contribution is 6.06. The zero-order chi connectivity index (χ0) is 19.6. The van der Waals surface area contributed by atoms with Gasteiger partial charge < -0.3 is 5.11 Å². The molecule has 4 atom stereocenters. The summed E-state index contributed by atoms with van der Waals surface area (Å²) in [5, 5.41) is 14.3. The van der Waals surface area contributed by atoms with E-state index >= 15 is 0 Å². The zero-order valence-corrected chi connectivity index (χ0v) is 16.9. The quantitative estimate of drug-likeness (QED) is 0.743. The van der Waals surface area contributed by atoms with Crippen LogP contribution in [0, 0.1) is 24.2 Å². The van der Waals surface area contributed by atoms with Crippen molar-refractivity contribution in [3.05, 3.63) is 52.4 Å². The van der Waals surface area contributed by atoms with Gasteiger partial charge in [0.25, 0.3) is 0 Å². The lowest BCUT2D eigenvalue weighted by molar-refractivity contribution is -0.127. The van der Waals surface area contributed by atoms with E-state index in [4.69, 9.17) is 0 Å². The number of aromatic nitrogens is 2. The van der Waals surface area contributed by atoms with Crippen molar-refractivity contribution in [2.45, 2.75) is 51.9 Å². The third-order valence-electron chi connectivity index (χ3n) is 7.73. The average molecular weight is 377 g/mol. The van der Waals surface area contributed by atoms with Crippen molar-refractivity contribution in [1.82, 2.24) is 9.78 Å². The van der Waals surface area contributed by atoms with Gasteiger partial charge in [-0.05, 0) is 91.7 Å². The highest BCUT2D eigenvalue weighted by Gasteiger charge is 2.56. The van der Waals surface area contributed by atoms with Gasteiger partial charge in [0.1, 0.15) is 5.75 Å². The van der Waals surface area contributed by atoms with Gasteiger partial charge in [-0.3, -0.25) is 9.48 Å². The predicted molar refractivity (Wildman–Crippen MR) is 109 cm³/mol. The van der Waals surface area contributed by atoms with Crippen LogP contribution < -0.4 is 0 Å². The van der Waals surface area contributed by atoms with Gasteiger partial charge in [0.15, 0.2) is 5.78 Å². The summed E-state index contributed by atoms with van der Waals surface area (Å²) in [6.45, 7) is 4.21. The van der Waals surface area contributed by atoms with Crippen LogP contribution in [0.2, 0.25) is 0 Å². The number of rotatable bonds is 1. The second-order valence-electron chi connectivity index (χ2n) is 9.30. The van der Waals surface area contributed by atoms with Gasteiger partial charge in [-0.25, -0.2) is 0 Å². The average Bonchev–Trinajstić information content (AvgIpc) is 3.11. The first-order chi connectivity index (χ1) is 13.4. The van der Waals surface area contributed by atoms with Crippen LogP contribution in [0.4, 0.5) is 0 Å². The minimum Gasteiger partial charge on any atom is -0.508 e. The van der Waals surface area contributed by atoms with Gasteiger partial charge in [0, 0.05) is 24.2 Å². The largest absolute Gasteiger partial charge is 0.508 e. The Bertz CT molecular complexity index is 1000. The maximum absolute atomic E-state index is 13.4. The van der Waals surface area contributed by atoms with Crippen LogP contribution in [0.1, 0.15) is 60.9 Å². The number of allylic oxidation sites excluding steroid dienone is 1. The summed E-state index contributed by atoms with van der Waals surface area (Å²) in [6.07, 6.45) is 9.14. The second kappa shape index (κ2) is 6.07. The van der Waals surface area contributed by atoms with Crippen LogP contribution in [-0.4, -0.2) is 20.7 Å². The molecular formula is C24H28N2O2. The first-order valence-electron chi connectivity index (χ1n) is 10.4. The van der Waals surface area contributed by atoms with Crippen LogP contribution in [0.15, 0.2) is 30.0 Å². The molecule has 1 N–H and O–H groups in total. The van der Waals surface area contributed by atoms with Crippen molar-refractivity contribution in [3.8, 4) is 5.75 Å². The summed E-state index contributed by atoms with van der Waals surface area (Å²) in [7, 11) is 1.93. The van der Waals surface area contributed by atoms with E-state index < -0.39 is 0 Å². The molecule has 0 saturated heterocycles. The molecule has 0 amide bonds. The molecule has 4 nitrogen and oxygen atoms in total. The Balaban J connectivity index is 1.50. The molecule has 2 aromatic rings. The Labute approximate surface area is 166 Å². The number of nitrogens with zero attached hydrogens (tertiary/aromatic N) is 2. The minimum atomic E-state index is -0.225. The number of carbonyl (C=O) groups is 1. The van der Waals surface area contributed by atoms with Crippen molar-refractivity contribution >= 4 is 11.9 Å². The second-order valence-corrected chi connectivity index (χ2v) is 9.30. The van der Waals surface area contributed by atoms with Crippen molar-refractivity contribution in [3.63, 3.8) is 0 Å². The van der Waals surface area contributed by atoms with Gasteiger partial charge in [0.05, 0.1) is 5.69 Å². The van der Waals surface area contributed by atoms with Crippen LogP contribution >= 0.6 is 0 Å². The number of hydrogen-bond acceptors (Lipinski definition) is 3. The van der Waals surface area contributed by atoms with Gasteiger partial charge in [-0.1, -0.05) is 13.0 Å². The Hall–Kier alpha value is -2.36. The third-order valence-corrected chi connectivity index (χ3v) is 7.73. The van der Waals surface area contributed by atoms with Gasteiger partial charge in [-0.15, -0.1) is 0 Å². The number of Topliss-reactive ketones (excluding diaryl/α,β-unsaturated/α-hetero) is 1. The number of carbonyl (C=O) groups excluding carboxylic acids is 1. The molecule has 2 saturated carbocycles. The lowest BCUT2D eigenvalue weighted by atomic mass is 9.55. The van der Waals surface area contributed by atoms with E-state index in [0.29, 0.717) is 29.3 Å². The molecule has 2 fully saturated rings. The highest BCUT2D eigenvalue weighted by Crippen LogP contribution is 2.60. The van der Waals surface area contributed by atoms with Gasteiger partial charge >= 0.3 is 0 Å². The lowest BCUT2D eigenvalue weighted by Crippen LogP contribution is -2.42. The van der Waals surface area contributed by atoms with E-state index in [2.05, 4.69) is 24.2 Å². The molecule has 4 heteroatoms. The molecule has 1 heterocycles. The van der Waals surface area contributed by atoms with Crippen LogP contribution in [0.5, 0.6) is 5.75 Å². The first-order valence-corrected chi connectivity index (χ1v) is 10.4. The number of benzene rings is 1. The molecule has 0 aliphatic heterocycles. The van der Waals surface area contributed by atoms with E-state index in [1.54, 1.807) is 0 Å². The van der Waals surface area contributed by atoms with Crippen LogP contribution in [0.3, 0.4) is 0 Å². The monoisotopic (exact) mass is 376 g/mol. The number of phenolic OH excluding ortho intramolecular Hbond substituents is 1. The molecule has 4 unspecified atom stereocenters. The van der Waals surface area contributed by atoms with Crippen molar-refractivity contribution in [1.29, 1.82) is 0 Å². The smallest absolute Gasteiger partial charge is 0.165 e. The molecule has 0 spiro atoms. The van der Waals surface area contributed by atoms with Crippen molar-refractivity contribution in [2.75, 3.05) is 0 Å². The molecular weight excluding hydrogens is 348 g/mol. The van der Waals surface area contributed by atoms with E-state index in [0.717, 1.165) is 48.9 Å². The number of aryl methyl sites for hydroxylation is 3. The van der Waals surface area contributed by atoms with Crippen molar-refractivity contribution in [2.24, 2.45) is 24.3 Å². The van der Waals surface area contributed by atoms with E-state index in [1.165, 1.54) is 11.1 Å². The van der Waals surface area contributed by atoms with Crippen LogP contribution in [-0.2, 0) is 18.3 Å². The zero-order valence-electron chi connectivity index (χ0n) is 16.9. The molecule has 146 valence electrons. The molecule has 0 radical (unpaired) electrons. The Morgan fingerprint density at radius 3 is 2.89 bits per heavy atom. The topological polar surface area (TPSA) is 55.1 Å². The molecule has 1 aromatic carbocycles. The summed E-state index contributed by atoms with van der Waals surface area (Å²) in [5.41, 5.74) is 5.51. The lowest BCUT2D eigenvalue weighted by Gasteiger charge is -2.48. The van der Waals surface area contributed by atoms with Crippen molar-refractivity contribution < 1.29 is 9.90 Å². The van der Waals surface area contributed by atoms with E-state index in [9.17, 15) is 9.90 Å². The van der Waals surface area contributed by atoms with E-state index in [1.807, 2.05) is 37.0 Å². The Morgan fingerprint density at radius 1 is 1.32 bits per heavy atom. The normalized spacial score (nSPS) is 32.9. The number of fused-ring (bicyclic) bond motifs is 5. The molecule has 1 aromatic heterocycles. The third kappa shape index (κ3) is 2.50. The fourth-order valence-corrected chi connectivity index (χ4v) is 6.32. The van der Waals surface area contributed by atoms with Gasteiger partial charge in [-0.2, -0.15) is 5.10 Å². The number of phenols is 1. The Kier molecular flexibility index (Phi) is 3.84. The molecule has 3 aliphatic rings.